The van der Waals surface area contributed by atoms with Gasteiger partial charge in [-0.1, -0.05) is 19.1 Å². The summed E-state index contributed by atoms with van der Waals surface area (Å²) in [6, 6.07) is 4.28. The zero-order valence-electron chi connectivity index (χ0n) is 13.0. The molecule has 0 aliphatic carbocycles. The number of hydrogen-bond donors (Lipinski definition) is 1. The molecule has 0 spiro atoms. The Kier molecular flexibility index (Phi) is 5.41. The number of ether oxygens (including phenoxy) is 2. The first-order chi connectivity index (χ1) is 11.0. The quantitative estimate of drug-likeness (QED) is 0.381. The van der Waals surface area contributed by atoms with Crippen LogP contribution in [0.25, 0.3) is 11.0 Å². The first-order valence-electron chi connectivity index (χ1n) is 7.29. The van der Waals surface area contributed by atoms with Crippen molar-refractivity contribution in [2.75, 3.05) is 6.61 Å². The van der Waals surface area contributed by atoms with Gasteiger partial charge in [0.2, 0.25) is 0 Å². The highest BCUT2D eigenvalue weighted by atomic mass is 16.6. The van der Waals surface area contributed by atoms with Crippen molar-refractivity contribution in [3.8, 4) is 17.2 Å². The third kappa shape index (κ3) is 4.12. The van der Waals surface area contributed by atoms with Gasteiger partial charge in [0.1, 0.15) is 11.3 Å². The van der Waals surface area contributed by atoms with Gasteiger partial charge in [0.15, 0.2) is 5.75 Å². The highest BCUT2D eigenvalue weighted by molar-refractivity contribution is 5.87. The summed E-state index contributed by atoms with van der Waals surface area (Å²) in [5, 5.41) is 9.95. The van der Waals surface area contributed by atoms with Gasteiger partial charge in [-0.05, 0) is 25.0 Å². The Bertz CT molecular complexity index is 788. The summed E-state index contributed by atoms with van der Waals surface area (Å²) in [6.07, 6.45) is 5.54. The Morgan fingerprint density at radius 2 is 2.09 bits per heavy atom. The molecule has 0 unspecified atom stereocenters. The van der Waals surface area contributed by atoms with Crippen LogP contribution >= 0.6 is 0 Å². The topological polar surface area (TPSA) is 86.0 Å². The molecule has 122 valence electrons. The molecule has 2 rings (SSSR count). The maximum atomic E-state index is 12.0. The third-order valence-corrected chi connectivity index (χ3v) is 2.98. The Hall–Kier alpha value is -2.76. The van der Waals surface area contributed by atoms with E-state index in [1.807, 2.05) is 19.1 Å². The molecule has 0 fully saturated rings. The second-order valence-corrected chi connectivity index (χ2v) is 4.84. The normalized spacial score (nSPS) is 11.0. The minimum absolute atomic E-state index is 0.0438. The lowest BCUT2D eigenvalue weighted by atomic mass is 10.2. The van der Waals surface area contributed by atoms with Crippen LogP contribution in [0.4, 0.5) is 0 Å². The summed E-state index contributed by atoms with van der Waals surface area (Å²) in [5.41, 5.74) is -0.678. The van der Waals surface area contributed by atoms with Crippen molar-refractivity contribution in [2.45, 2.75) is 26.7 Å². The van der Waals surface area contributed by atoms with E-state index in [9.17, 15) is 14.7 Å². The van der Waals surface area contributed by atoms with Gasteiger partial charge in [-0.25, -0.2) is 4.79 Å². The highest BCUT2D eigenvalue weighted by Crippen LogP contribution is 2.34. The molecule has 0 saturated heterocycles. The van der Waals surface area contributed by atoms with E-state index in [1.54, 1.807) is 0 Å². The summed E-state index contributed by atoms with van der Waals surface area (Å²) >= 11 is 0. The van der Waals surface area contributed by atoms with E-state index in [4.69, 9.17) is 13.9 Å². The zero-order valence-corrected chi connectivity index (χ0v) is 13.0. The van der Waals surface area contributed by atoms with Crippen LogP contribution in [0.3, 0.4) is 0 Å². The average Bonchev–Trinajstić information content (AvgIpc) is 2.49. The van der Waals surface area contributed by atoms with Gasteiger partial charge in [0, 0.05) is 13.0 Å². The van der Waals surface area contributed by atoms with E-state index >= 15 is 0 Å². The SMILES string of the molecule is CCC=CCCOc1c(OC(C)=O)c(=O)oc2cc(O)ccc12. The molecule has 0 bridgehead atoms. The molecule has 0 aliphatic heterocycles. The molecule has 23 heavy (non-hydrogen) atoms. The minimum atomic E-state index is -0.836. The fraction of sp³-hybridized carbons (Fsp3) is 0.294. The van der Waals surface area contributed by atoms with Gasteiger partial charge in [-0.2, -0.15) is 0 Å². The number of rotatable bonds is 6. The highest BCUT2D eigenvalue weighted by Gasteiger charge is 2.19. The summed E-state index contributed by atoms with van der Waals surface area (Å²) in [4.78, 5) is 23.2. The molecule has 0 amide bonds. The Morgan fingerprint density at radius 3 is 2.78 bits per heavy atom. The van der Waals surface area contributed by atoms with Crippen LogP contribution in [0.5, 0.6) is 17.2 Å². The van der Waals surface area contributed by atoms with Crippen LogP contribution in [0, 0.1) is 0 Å². The number of allylic oxidation sites excluding steroid dienone is 1. The Balaban J connectivity index is 2.44. The van der Waals surface area contributed by atoms with Crippen LogP contribution in [0.1, 0.15) is 26.7 Å². The predicted octanol–water partition coefficient (Wildman–Crippen LogP) is 3.16. The van der Waals surface area contributed by atoms with E-state index in [-0.39, 0.29) is 22.8 Å². The Labute approximate surface area is 132 Å². The lowest BCUT2D eigenvalue weighted by Crippen LogP contribution is -2.13. The smallest absolute Gasteiger partial charge is 0.383 e. The zero-order chi connectivity index (χ0) is 16.8. The maximum Gasteiger partial charge on any atom is 0.383 e. The third-order valence-electron chi connectivity index (χ3n) is 2.98. The first-order valence-corrected chi connectivity index (χ1v) is 7.29. The molecule has 2 aromatic rings. The molecule has 1 heterocycles. The van der Waals surface area contributed by atoms with Gasteiger partial charge >= 0.3 is 11.6 Å². The minimum Gasteiger partial charge on any atom is -0.508 e. The average molecular weight is 318 g/mol. The summed E-state index contributed by atoms with van der Waals surface area (Å²) in [6.45, 7) is 3.52. The summed E-state index contributed by atoms with van der Waals surface area (Å²) in [5.74, 6) is -0.838. The van der Waals surface area contributed by atoms with Crippen molar-refractivity contribution < 1.29 is 23.8 Å². The Morgan fingerprint density at radius 1 is 1.30 bits per heavy atom. The number of fused-ring (bicyclic) bond motifs is 1. The molecule has 1 aromatic carbocycles. The monoisotopic (exact) mass is 318 g/mol. The van der Waals surface area contributed by atoms with Crippen molar-refractivity contribution in [3.63, 3.8) is 0 Å². The molecule has 1 N–H and O–H groups in total. The molecule has 0 radical (unpaired) electrons. The number of phenolic OH excluding ortho intramolecular Hbond substituents is 1. The molecule has 1 aromatic heterocycles. The molecule has 6 nitrogen and oxygen atoms in total. The van der Waals surface area contributed by atoms with Crippen LogP contribution in [-0.4, -0.2) is 17.7 Å². The van der Waals surface area contributed by atoms with E-state index in [2.05, 4.69) is 0 Å². The summed E-state index contributed by atoms with van der Waals surface area (Å²) < 4.78 is 15.7. The number of phenols is 1. The van der Waals surface area contributed by atoms with Gasteiger partial charge in [-0.3, -0.25) is 4.79 Å². The van der Waals surface area contributed by atoms with E-state index in [0.29, 0.717) is 18.4 Å². The van der Waals surface area contributed by atoms with Crippen LogP contribution in [-0.2, 0) is 4.79 Å². The van der Waals surface area contributed by atoms with Crippen molar-refractivity contribution in [1.29, 1.82) is 0 Å². The number of benzene rings is 1. The standard InChI is InChI=1S/C17H18O6/c1-3-4-5-6-9-21-15-13-8-7-12(19)10-14(13)23-17(20)16(15)22-11(2)18/h4-5,7-8,10,19H,3,6,9H2,1-2H3. The predicted molar refractivity (Wildman–Crippen MR) is 85.0 cm³/mol. The molecule has 0 saturated carbocycles. The van der Waals surface area contributed by atoms with Crippen LogP contribution < -0.4 is 15.1 Å². The van der Waals surface area contributed by atoms with Crippen molar-refractivity contribution in [3.05, 3.63) is 40.8 Å². The van der Waals surface area contributed by atoms with Gasteiger partial charge in [-0.15, -0.1) is 0 Å². The summed E-state index contributed by atoms with van der Waals surface area (Å²) in [7, 11) is 0. The molecular formula is C17H18O6. The van der Waals surface area contributed by atoms with Crippen molar-refractivity contribution in [1.82, 2.24) is 0 Å². The van der Waals surface area contributed by atoms with E-state index < -0.39 is 11.6 Å². The maximum absolute atomic E-state index is 12.0. The van der Waals surface area contributed by atoms with Gasteiger partial charge < -0.3 is 19.0 Å². The number of aromatic hydroxyl groups is 1. The van der Waals surface area contributed by atoms with E-state index in [0.717, 1.165) is 6.42 Å². The molecule has 0 aliphatic rings. The lowest BCUT2D eigenvalue weighted by Gasteiger charge is -2.11. The number of esters is 1. The van der Waals surface area contributed by atoms with Gasteiger partial charge in [0.25, 0.3) is 5.75 Å². The largest absolute Gasteiger partial charge is 0.508 e. The van der Waals surface area contributed by atoms with Crippen molar-refractivity contribution in [2.24, 2.45) is 0 Å². The van der Waals surface area contributed by atoms with Crippen LogP contribution in [0.2, 0.25) is 0 Å². The van der Waals surface area contributed by atoms with Gasteiger partial charge in [0.05, 0.1) is 12.0 Å². The first kappa shape index (κ1) is 16.6. The number of carbonyl (C=O) groups excluding carboxylic acids is 1. The second-order valence-electron chi connectivity index (χ2n) is 4.84. The molecular weight excluding hydrogens is 300 g/mol. The fourth-order valence-electron chi connectivity index (χ4n) is 2.03. The lowest BCUT2D eigenvalue weighted by molar-refractivity contribution is -0.132. The molecule has 0 atom stereocenters. The fourth-order valence-corrected chi connectivity index (χ4v) is 2.03. The van der Waals surface area contributed by atoms with Crippen molar-refractivity contribution >= 4 is 16.9 Å². The number of carbonyl (C=O) groups is 1. The van der Waals surface area contributed by atoms with Crippen LogP contribution in [0.15, 0.2) is 39.6 Å². The second kappa shape index (κ2) is 7.49. The molecule has 6 heteroatoms. The number of hydrogen-bond acceptors (Lipinski definition) is 6. The van der Waals surface area contributed by atoms with E-state index in [1.165, 1.54) is 25.1 Å².